The van der Waals surface area contributed by atoms with Crippen LogP contribution in [0.2, 0.25) is 0 Å². The molecule has 3 atom stereocenters. The van der Waals surface area contributed by atoms with Gasteiger partial charge in [0.2, 0.25) is 5.91 Å². The monoisotopic (exact) mass is 254 g/mol. The molecule has 1 saturated heterocycles. The Labute approximate surface area is 112 Å². The summed E-state index contributed by atoms with van der Waals surface area (Å²) in [6.45, 7) is 8.77. The molecule has 1 amide bonds. The van der Waals surface area contributed by atoms with Gasteiger partial charge in [0.15, 0.2) is 0 Å². The van der Waals surface area contributed by atoms with E-state index in [1.165, 1.54) is 12.8 Å². The zero-order valence-electron chi connectivity index (χ0n) is 12.3. The maximum atomic E-state index is 12.0. The smallest absolute Gasteiger partial charge is 0.220 e. The molecule has 1 fully saturated rings. The highest BCUT2D eigenvalue weighted by Crippen LogP contribution is 2.22. The average Bonchev–Trinajstić information content (AvgIpc) is 2.39. The van der Waals surface area contributed by atoms with Crippen molar-refractivity contribution < 1.29 is 4.79 Å². The number of rotatable bonds is 7. The van der Waals surface area contributed by atoms with E-state index in [0.717, 1.165) is 32.4 Å². The number of nitrogens with one attached hydrogen (secondary N) is 2. The number of piperidine rings is 1. The van der Waals surface area contributed by atoms with Crippen LogP contribution in [0.3, 0.4) is 0 Å². The molecule has 2 N–H and O–H groups in total. The normalized spacial score (nSPS) is 23.4. The number of hydrogen-bond donors (Lipinski definition) is 2. The average molecular weight is 254 g/mol. The predicted octanol–water partition coefficient (Wildman–Crippen LogP) is 2.71. The van der Waals surface area contributed by atoms with Crippen LogP contribution < -0.4 is 10.6 Å². The van der Waals surface area contributed by atoms with Gasteiger partial charge in [0, 0.05) is 12.5 Å². The fourth-order valence-corrected chi connectivity index (χ4v) is 2.84. The quantitative estimate of drug-likeness (QED) is 0.733. The molecule has 1 aliphatic heterocycles. The van der Waals surface area contributed by atoms with Crippen LogP contribution in [0.4, 0.5) is 0 Å². The molecule has 0 spiro atoms. The molecule has 3 heteroatoms. The van der Waals surface area contributed by atoms with Crippen LogP contribution in [0.25, 0.3) is 0 Å². The lowest BCUT2D eigenvalue weighted by Crippen LogP contribution is -2.38. The summed E-state index contributed by atoms with van der Waals surface area (Å²) in [6, 6.07) is 0.374. The van der Waals surface area contributed by atoms with Crippen LogP contribution in [0.5, 0.6) is 0 Å². The van der Waals surface area contributed by atoms with Gasteiger partial charge in [-0.1, -0.05) is 27.2 Å². The summed E-state index contributed by atoms with van der Waals surface area (Å²) >= 11 is 0. The molecule has 0 aliphatic carbocycles. The van der Waals surface area contributed by atoms with E-state index in [1.807, 2.05) is 0 Å². The fraction of sp³-hybridized carbons (Fsp3) is 0.933. The third kappa shape index (κ3) is 5.38. The van der Waals surface area contributed by atoms with E-state index < -0.39 is 0 Å². The van der Waals surface area contributed by atoms with Crippen molar-refractivity contribution >= 4 is 5.91 Å². The Kier molecular flexibility index (Phi) is 7.33. The van der Waals surface area contributed by atoms with E-state index in [2.05, 4.69) is 31.4 Å². The topological polar surface area (TPSA) is 41.1 Å². The summed E-state index contributed by atoms with van der Waals surface area (Å²) in [7, 11) is 0. The Bertz CT molecular complexity index is 237. The molecule has 0 aromatic carbocycles. The second-order valence-electron chi connectivity index (χ2n) is 5.75. The molecule has 1 heterocycles. The molecule has 3 nitrogen and oxygen atoms in total. The van der Waals surface area contributed by atoms with Gasteiger partial charge in [0.05, 0.1) is 0 Å². The molecule has 18 heavy (non-hydrogen) atoms. The molecule has 1 rings (SSSR count). The Morgan fingerprint density at radius 3 is 2.78 bits per heavy atom. The standard InChI is InChI=1S/C15H30N2O/c1-4-7-14(5-2)17-15(18)10-12(3)13-8-6-9-16-11-13/h12-14,16H,4-11H2,1-3H3,(H,17,18). The third-order valence-electron chi connectivity index (χ3n) is 4.14. The highest BCUT2D eigenvalue weighted by molar-refractivity contribution is 5.76. The Balaban J connectivity index is 2.29. The molecule has 0 bridgehead atoms. The van der Waals surface area contributed by atoms with E-state index in [-0.39, 0.29) is 5.91 Å². The Morgan fingerprint density at radius 1 is 1.44 bits per heavy atom. The minimum atomic E-state index is 0.244. The summed E-state index contributed by atoms with van der Waals surface area (Å²) in [5.41, 5.74) is 0. The second kappa shape index (κ2) is 8.52. The molecule has 0 radical (unpaired) electrons. The van der Waals surface area contributed by atoms with Gasteiger partial charge < -0.3 is 10.6 Å². The van der Waals surface area contributed by atoms with Crippen LogP contribution in [0.15, 0.2) is 0 Å². The Hall–Kier alpha value is -0.570. The van der Waals surface area contributed by atoms with E-state index in [0.29, 0.717) is 24.3 Å². The number of carbonyl (C=O) groups is 1. The first-order valence-corrected chi connectivity index (χ1v) is 7.67. The summed E-state index contributed by atoms with van der Waals surface area (Å²) in [5.74, 6) is 1.42. The highest BCUT2D eigenvalue weighted by Gasteiger charge is 2.22. The van der Waals surface area contributed by atoms with Crippen molar-refractivity contribution in [3.05, 3.63) is 0 Å². The number of hydrogen-bond acceptors (Lipinski definition) is 2. The maximum Gasteiger partial charge on any atom is 0.220 e. The van der Waals surface area contributed by atoms with Gasteiger partial charge in [-0.2, -0.15) is 0 Å². The van der Waals surface area contributed by atoms with Crippen LogP contribution in [0.1, 0.15) is 59.3 Å². The van der Waals surface area contributed by atoms with Crippen molar-refractivity contribution in [1.29, 1.82) is 0 Å². The van der Waals surface area contributed by atoms with E-state index in [9.17, 15) is 4.79 Å². The molecule has 106 valence electrons. The van der Waals surface area contributed by atoms with E-state index in [1.54, 1.807) is 0 Å². The van der Waals surface area contributed by atoms with E-state index in [4.69, 9.17) is 0 Å². The van der Waals surface area contributed by atoms with Gasteiger partial charge in [-0.15, -0.1) is 0 Å². The first-order valence-electron chi connectivity index (χ1n) is 7.67. The first kappa shape index (κ1) is 15.5. The zero-order valence-corrected chi connectivity index (χ0v) is 12.3. The number of carbonyl (C=O) groups excluding carboxylic acids is 1. The predicted molar refractivity (Wildman–Crippen MR) is 76.5 cm³/mol. The van der Waals surface area contributed by atoms with Crippen molar-refractivity contribution in [2.75, 3.05) is 13.1 Å². The van der Waals surface area contributed by atoms with Gasteiger partial charge in [0.25, 0.3) is 0 Å². The van der Waals surface area contributed by atoms with Crippen LogP contribution in [-0.2, 0) is 4.79 Å². The summed E-state index contributed by atoms with van der Waals surface area (Å²) in [5, 5.41) is 6.61. The van der Waals surface area contributed by atoms with Crippen LogP contribution in [-0.4, -0.2) is 25.0 Å². The summed E-state index contributed by atoms with van der Waals surface area (Å²) in [6.07, 6.45) is 6.49. The molecule has 0 saturated carbocycles. The molecule has 0 aromatic heterocycles. The third-order valence-corrected chi connectivity index (χ3v) is 4.14. The van der Waals surface area contributed by atoms with Gasteiger partial charge in [-0.3, -0.25) is 4.79 Å². The first-order chi connectivity index (χ1) is 8.67. The van der Waals surface area contributed by atoms with Gasteiger partial charge in [0.1, 0.15) is 0 Å². The van der Waals surface area contributed by atoms with Crippen molar-refractivity contribution in [2.45, 2.75) is 65.3 Å². The minimum absolute atomic E-state index is 0.244. The number of amides is 1. The lowest BCUT2D eigenvalue weighted by molar-refractivity contribution is -0.123. The Morgan fingerprint density at radius 2 is 2.22 bits per heavy atom. The lowest BCUT2D eigenvalue weighted by atomic mass is 9.85. The molecule has 1 aliphatic rings. The molecule has 3 unspecified atom stereocenters. The van der Waals surface area contributed by atoms with Gasteiger partial charge in [-0.05, 0) is 50.6 Å². The largest absolute Gasteiger partial charge is 0.353 e. The minimum Gasteiger partial charge on any atom is -0.353 e. The summed E-state index contributed by atoms with van der Waals surface area (Å²) in [4.78, 5) is 12.0. The van der Waals surface area contributed by atoms with Crippen LogP contribution in [0, 0.1) is 11.8 Å². The second-order valence-corrected chi connectivity index (χ2v) is 5.75. The SMILES string of the molecule is CCCC(CC)NC(=O)CC(C)C1CCCNC1. The highest BCUT2D eigenvalue weighted by atomic mass is 16.1. The van der Waals surface area contributed by atoms with E-state index >= 15 is 0 Å². The zero-order chi connectivity index (χ0) is 13.4. The van der Waals surface area contributed by atoms with Crippen LogP contribution >= 0.6 is 0 Å². The molecule has 0 aromatic rings. The lowest BCUT2D eigenvalue weighted by Gasteiger charge is -2.28. The van der Waals surface area contributed by atoms with Crippen molar-refractivity contribution in [2.24, 2.45) is 11.8 Å². The van der Waals surface area contributed by atoms with Crippen molar-refractivity contribution in [1.82, 2.24) is 10.6 Å². The van der Waals surface area contributed by atoms with Gasteiger partial charge >= 0.3 is 0 Å². The molecular weight excluding hydrogens is 224 g/mol. The summed E-state index contributed by atoms with van der Waals surface area (Å²) < 4.78 is 0. The van der Waals surface area contributed by atoms with Crippen molar-refractivity contribution in [3.63, 3.8) is 0 Å². The fourth-order valence-electron chi connectivity index (χ4n) is 2.84. The van der Waals surface area contributed by atoms with Crippen molar-refractivity contribution in [3.8, 4) is 0 Å². The van der Waals surface area contributed by atoms with Gasteiger partial charge in [-0.25, -0.2) is 0 Å². The maximum absolute atomic E-state index is 12.0. The molecular formula is C15H30N2O.